The van der Waals surface area contributed by atoms with Gasteiger partial charge in [0.25, 0.3) is 0 Å². The average molecular weight is 689 g/mol. The first-order valence-corrected chi connectivity index (χ1v) is 18.5. The summed E-state index contributed by atoms with van der Waals surface area (Å²) in [5, 5.41) is 5.04. The quantitative estimate of drug-likeness (QED) is 0.162. The van der Waals surface area contributed by atoms with Gasteiger partial charge in [0.2, 0.25) is 0 Å². The second-order valence-corrected chi connectivity index (χ2v) is 13.7. The van der Waals surface area contributed by atoms with E-state index in [1.807, 2.05) is 0 Å². The van der Waals surface area contributed by atoms with Gasteiger partial charge in [-0.15, -0.1) is 0 Å². The summed E-state index contributed by atoms with van der Waals surface area (Å²) in [6, 6.07) is 78.7. The van der Waals surface area contributed by atoms with Crippen LogP contribution in [0.1, 0.15) is 0 Å². The molecule has 0 atom stereocenters. The summed E-state index contributed by atoms with van der Waals surface area (Å²) in [4.78, 5) is 2.34. The SMILES string of the molecule is c1ccc(N(c2ccc(-c3ccccc3-c3cccc4c3c3ccccc3n4-c3ccccc3)cc2)c2ccc(-c3cccc4ccccc34)cc2)cc1. The van der Waals surface area contributed by atoms with Crippen molar-refractivity contribution < 1.29 is 0 Å². The van der Waals surface area contributed by atoms with Gasteiger partial charge in [-0.25, -0.2) is 0 Å². The van der Waals surface area contributed by atoms with E-state index in [0.717, 1.165) is 22.7 Å². The Morgan fingerprint density at radius 3 is 1.52 bits per heavy atom. The van der Waals surface area contributed by atoms with E-state index in [1.54, 1.807) is 0 Å². The van der Waals surface area contributed by atoms with Crippen LogP contribution in [0.25, 0.3) is 71.6 Å². The minimum atomic E-state index is 1.10. The Hall–Kier alpha value is -7.16. The molecule has 9 aromatic carbocycles. The van der Waals surface area contributed by atoms with Crippen LogP contribution in [0.2, 0.25) is 0 Å². The number of anilines is 3. The summed E-state index contributed by atoms with van der Waals surface area (Å²) < 4.78 is 2.39. The molecule has 2 heteroatoms. The fourth-order valence-electron chi connectivity index (χ4n) is 8.15. The van der Waals surface area contributed by atoms with Crippen molar-refractivity contribution in [1.29, 1.82) is 0 Å². The third-order valence-electron chi connectivity index (χ3n) is 10.6. The van der Waals surface area contributed by atoms with Crippen molar-refractivity contribution >= 4 is 49.6 Å². The molecule has 2 nitrogen and oxygen atoms in total. The molecule has 0 bridgehead atoms. The zero-order valence-electron chi connectivity index (χ0n) is 29.7. The zero-order chi connectivity index (χ0) is 35.8. The molecule has 0 amide bonds. The molecule has 54 heavy (non-hydrogen) atoms. The predicted octanol–water partition coefficient (Wildman–Crippen LogP) is 14.4. The molecule has 0 aliphatic heterocycles. The Labute approximate surface area is 315 Å². The Kier molecular flexibility index (Phi) is 7.85. The lowest BCUT2D eigenvalue weighted by Crippen LogP contribution is -2.09. The number of hydrogen-bond donors (Lipinski definition) is 0. The summed E-state index contributed by atoms with van der Waals surface area (Å²) in [7, 11) is 0. The van der Waals surface area contributed by atoms with Crippen LogP contribution in [0.4, 0.5) is 17.1 Å². The van der Waals surface area contributed by atoms with E-state index < -0.39 is 0 Å². The van der Waals surface area contributed by atoms with E-state index in [1.165, 1.54) is 66.0 Å². The average Bonchev–Trinajstić information content (AvgIpc) is 3.60. The van der Waals surface area contributed by atoms with E-state index in [4.69, 9.17) is 0 Å². The summed E-state index contributed by atoms with van der Waals surface area (Å²) in [6.45, 7) is 0. The van der Waals surface area contributed by atoms with Gasteiger partial charge in [-0.1, -0.05) is 158 Å². The lowest BCUT2D eigenvalue weighted by Gasteiger charge is -2.26. The Morgan fingerprint density at radius 2 is 0.778 bits per heavy atom. The summed E-state index contributed by atoms with van der Waals surface area (Å²) >= 11 is 0. The van der Waals surface area contributed by atoms with Crippen LogP contribution in [-0.4, -0.2) is 4.57 Å². The van der Waals surface area contributed by atoms with E-state index in [2.05, 4.69) is 228 Å². The van der Waals surface area contributed by atoms with Gasteiger partial charge in [0.05, 0.1) is 11.0 Å². The van der Waals surface area contributed by atoms with Crippen molar-refractivity contribution in [3.05, 3.63) is 218 Å². The monoisotopic (exact) mass is 688 g/mol. The maximum atomic E-state index is 2.39. The van der Waals surface area contributed by atoms with Gasteiger partial charge < -0.3 is 9.47 Å². The standard InChI is InChI=1S/C52H36N2/c1-3-17-40(18-4-1)53(42-33-29-38(30-34-42)45-25-13-16-37-15-7-8-21-44(37)45)43-35-31-39(32-36-43)46-22-9-10-23-47(46)48-26-14-28-51-52(48)49-24-11-12-27-50(49)54(51)41-19-5-2-6-20-41/h1-36H. The fourth-order valence-corrected chi connectivity index (χ4v) is 8.15. The molecule has 0 aliphatic rings. The fraction of sp³-hybridized carbons (Fsp3) is 0. The highest BCUT2D eigenvalue weighted by Gasteiger charge is 2.19. The minimum Gasteiger partial charge on any atom is -0.311 e. The van der Waals surface area contributed by atoms with Crippen LogP contribution in [-0.2, 0) is 0 Å². The number of para-hydroxylation sites is 3. The zero-order valence-corrected chi connectivity index (χ0v) is 29.7. The topological polar surface area (TPSA) is 8.17 Å². The third kappa shape index (κ3) is 5.44. The number of benzene rings is 9. The molecule has 0 aliphatic carbocycles. The molecule has 0 N–H and O–H groups in total. The van der Waals surface area contributed by atoms with Gasteiger partial charge in [-0.2, -0.15) is 0 Å². The van der Waals surface area contributed by atoms with Crippen LogP contribution in [0.5, 0.6) is 0 Å². The first-order chi connectivity index (χ1) is 26.8. The highest BCUT2D eigenvalue weighted by molar-refractivity contribution is 6.16. The second-order valence-electron chi connectivity index (χ2n) is 13.7. The lowest BCUT2D eigenvalue weighted by atomic mass is 9.92. The van der Waals surface area contributed by atoms with Gasteiger partial charge in [-0.3, -0.25) is 0 Å². The van der Waals surface area contributed by atoms with Gasteiger partial charge in [0, 0.05) is 33.5 Å². The molecule has 1 aromatic heterocycles. The van der Waals surface area contributed by atoms with Crippen LogP contribution < -0.4 is 4.90 Å². The van der Waals surface area contributed by atoms with Crippen LogP contribution in [0.3, 0.4) is 0 Å². The van der Waals surface area contributed by atoms with Crippen molar-refractivity contribution in [3.8, 4) is 39.1 Å². The van der Waals surface area contributed by atoms with Crippen LogP contribution in [0, 0.1) is 0 Å². The van der Waals surface area contributed by atoms with Gasteiger partial charge in [0.15, 0.2) is 0 Å². The first kappa shape index (κ1) is 31.6. The normalized spacial score (nSPS) is 11.3. The minimum absolute atomic E-state index is 1.10. The van der Waals surface area contributed by atoms with Gasteiger partial charge in [-0.05, 0) is 105 Å². The number of nitrogens with zero attached hydrogens (tertiary/aromatic N) is 2. The molecular weight excluding hydrogens is 653 g/mol. The van der Waals surface area contributed by atoms with Crippen molar-refractivity contribution in [2.24, 2.45) is 0 Å². The maximum Gasteiger partial charge on any atom is 0.0547 e. The molecule has 0 radical (unpaired) electrons. The second kappa shape index (κ2) is 13.4. The van der Waals surface area contributed by atoms with E-state index in [-0.39, 0.29) is 0 Å². The molecule has 254 valence electrons. The molecule has 0 unspecified atom stereocenters. The number of rotatable bonds is 7. The van der Waals surface area contributed by atoms with E-state index >= 15 is 0 Å². The highest BCUT2D eigenvalue weighted by Crippen LogP contribution is 2.43. The smallest absolute Gasteiger partial charge is 0.0547 e. The summed E-state index contributed by atoms with van der Waals surface area (Å²) in [5.41, 5.74) is 14.2. The van der Waals surface area contributed by atoms with E-state index in [9.17, 15) is 0 Å². The molecule has 0 spiro atoms. The maximum absolute atomic E-state index is 2.39. The van der Waals surface area contributed by atoms with Crippen molar-refractivity contribution in [1.82, 2.24) is 4.57 Å². The first-order valence-electron chi connectivity index (χ1n) is 18.5. The summed E-state index contributed by atoms with van der Waals surface area (Å²) in [6.07, 6.45) is 0. The van der Waals surface area contributed by atoms with Crippen LogP contribution >= 0.6 is 0 Å². The Bertz CT molecular complexity index is 2900. The highest BCUT2D eigenvalue weighted by atomic mass is 15.1. The molecule has 0 saturated heterocycles. The van der Waals surface area contributed by atoms with Gasteiger partial charge >= 0.3 is 0 Å². The molecule has 10 aromatic rings. The van der Waals surface area contributed by atoms with Crippen molar-refractivity contribution in [3.63, 3.8) is 0 Å². The van der Waals surface area contributed by atoms with Crippen molar-refractivity contribution in [2.45, 2.75) is 0 Å². The van der Waals surface area contributed by atoms with Gasteiger partial charge in [0.1, 0.15) is 0 Å². The van der Waals surface area contributed by atoms with Crippen LogP contribution in [0.15, 0.2) is 218 Å². The molecule has 1 heterocycles. The lowest BCUT2D eigenvalue weighted by molar-refractivity contribution is 1.18. The largest absolute Gasteiger partial charge is 0.311 e. The molecule has 0 fully saturated rings. The third-order valence-corrected chi connectivity index (χ3v) is 10.6. The summed E-state index contributed by atoms with van der Waals surface area (Å²) in [5.74, 6) is 0. The number of hydrogen-bond acceptors (Lipinski definition) is 1. The molecular formula is C52H36N2. The molecule has 10 rings (SSSR count). The van der Waals surface area contributed by atoms with Crippen molar-refractivity contribution in [2.75, 3.05) is 4.90 Å². The number of fused-ring (bicyclic) bond motifs is 4. The molecule has 0 saturated carbocycles. The van der Waals surface area contributed by atoms with E-state index in [0.29, 0.717) is 0 Å². The Morgan fingerprint density at radius 1 is 0.296 bits per heavy atom. The predicted molar refractivity (Wildman–Crippen MR) is 229 cm³/mol. The number of aromatic nitrogens is 1. The Balaban J connectivity index is 1.06.